The van der Waals surface area contributed by atoms with Crippen molar-refractivity contribution in [2.75, 3.05) is 26.2 Å². The Bertz CT molecular complexity index is 739. The molecule has 0 radical (unpaired) electrons. The molecule has 3 rings (SSSR count). The van der Waals surface area contributed by atoms with Gasteiger partial charge in [-0.15, -0.1) is 0 Å². The van der Waals surface area contributed by atoms with Crippen molar-refractivity contribution in [3.8, 4) is 0 Å². The Kier molecular flexibility index (Phi) is 4.64. The number of rotatable bonds is 2. The number of hydrogen-bond donors (Lipinski definition) is 1. The molecule has 1 aliphatic heterocycles. The van der Waals surface area contributed by atoms with E-state index in [-0.39, 0.29) is 11.8 Å². The second kappa shape index (κ2) is 6.86. The molecule has 3 heterocycles. The van der Waals surface area contributed by atoms with Crippen LogP contribution in [0, 0.1) is 13.8 Å². The van der Waals surface area contributed by atoms with Gasteiger partial charge in [-0.25, -0.2) is 0 Å². The number of carbonyl (C=O) groups is 2. The van der Waals surface area contributed by atoms with Gasteiger partial charge in [-0.1, -0.05) is 0 Å². The standard InChI is InChI=1S/C18H22N4O2/c1-13-12-16(14(2)20-13)18(24)22-9-3-8-21(10-11-22)17(23)15-4-6-19-7-5-15/h4-7,12,20H,3,8-11H2,1-2H3. The average molecular weight is 326 g/mol. The van der Waals surface area contributed by atoms with Gasteiger partial charge in [0.1, 0.15) is 0 Å². The first-order valence-electron chi connectivity index (χ1n) is 8.21. The molecule has 2 amide bonds. The number of hydrogen-bond acceptors (Lipinski definition) is 3. The van der Waals surface area contributed by atoms with E-state index in [4.69, 9.17) is 0 Å². The van der Waals surface area contributed by atoms with Gasteiger partial charge in [0.25, 0.3) is 11.8 Å². The minimum atomic E-state index is 0.000341. The molecule has 6 nitrogen and oxygen atoms in total. The second-order valence-electron chi connectivity index (χ2n) is 6.16. The number of nitrogens with zero attached hydrogens (tertiary/aromatic N) is 3. The summed E-state index contributed by atoms with van der Waals surface area (Å²) in [6.45, 7) is 6.30. The van der Waals surface area contributed by atoms with Gasteiger partial charge in [-0.05, 0) is 38.5 Å². The fourth-order valence-corrected chi connectivity index (χ4v) is 3.12. The Morgan fingerprint density at radius 3 is 2.21 bits per heavy atom. The van der Waals surface area contributed by atoms with E-state index in [9.17, 15) is 9.59 Å². The van der Waals surface area contributed by atoms with Crippen LogP contribution in [0.3, 0.4) is 0 Å². The summed E-state index contributed by atoms with van der Waals surface area (Å²) in [4.78, 5) is 36.1. The summed E-state index contributed by atoms with van der Waals surface area (Å²) in [5.41, 5.74) is 3.25. The molecule has 0 saturated carbocycles. The number of pyridine rings is 1. The smallest absolute Gasteiger partial charge is 0.255 e. The third-order valence-corrected chi connectivity index (χ3v) is 4.38. The van der Waals surface area contributed by atoms with Crippen LogP contribution in [0.2, 0.25) is 0 Å². The molecular formula is C18H22N4O2. The van der Waals surface area contributed by atoms with Crippen molar-refractivity contribution < 1.29 is 9.59 Å². The highest BCUT2D eigenvalue weighted by Gasteiger charge is 2.24. The van der Waals surface area contributed by atoms with E-state index in [0.29, 0.717) is 31.7 Å². The van der Waals surface area contributed by atoms with Gasteiger partial charge in [-0.3, -0.25) is 14.6 Å². The van der Waals surface area contributed by atoms with Gasteiger partial charge in [0.05, 0.1) is 5.56 Å². The fourth-order valence-electron chi connectivity index (χ4n) is 3.12. The van der Waals surface area contributed by atoms with Crippen LogP contribution in [-0.2, 0) is 0 Å². The zero-order chi connectivity index (χ0) is 17.1. The van der Waals surface area contributed by atoms with Crippen molar-refractivity contribution in [2.45, 2.75) is 20.3 Å². The lowest BCUT2D eigenvalue weighted by Crippen LogP contribution is -2.37. The van der Waals surface area contributed by atoms with Crippen molar-refractivity contribution in [3.05, 3.63) is 53.1 Å². The number of carbonyl (C=O) groups excluding carboxylic acids is 2. The molecule has 1 N–H and O–H groups in total. The van der Waals surface area contributed by atoms with E-state index in [0.717, 1.165) is 23.4 Å². The van der Waals surface area contributed by atoms with Crippen molar-refractivity contribution in [2.24, 2.45) is 0 Å². The molecule has 24 heavy (non-hydrogen) atoms. The van der Waals surface area contributed by atoms with Gasteiger partial charge in [0.2, 0.25) is 0 Å². The third kappa shape index (κ3) is 3.32. The molecule has 6 heteroatoms. The minimum absolute atomic E-state index is 0.000341. The van der Waals surface area contributed by atoms with E-state index in [1.807, 2.05) is 29.7 Å². The first kappa shape index (κ1) is 16.2. The topological polar surface area (TPSA) is 69.3 Å². The van der Waals surface area contributed by atoms with Gasteiger partial charge in [0, 0.05) is 55.5 Å². The number of aromatic amines is 1. The Hall–Kier alpha value is -2.63. The van der Waals surface area contributed by atoms with Crippen LogP contribution in [-0.4, -0.2) is 57.8 Å². The monoisotopic (exact) mass is 326 g/mol. The van der Waals surface area contributed by atoms with Crippen LogP contribution in [0.5, 0.6) is 0 Å². The Morgan fingerprint density at radius 1 is 1.00 bits per heavy atom. The molecular weight excluding hydrogens is 304 g/mol. The summed E-state index contributed by atoms with van der Waals surface area (Å²) in [6, 6.07) is 5.34. The second-order valence-corrected chi connectivity index (χ2v) is 6.16. The zero-order valence-corrected chi connectivity index (χ0v) is 14.1. The van der Waals surface area contributed by atoms with Gasteiger partial charge in [-0.2, -0.15) is 0 Å². The molecule has 0 aliphatic carbocycles. The first-order valence-corrected chi connectivity index (χ1v) is 8.21. The van der Waals surface area contributed by atoms with Gasteiger partial charge in [0.15, 0.2) is 0 Å². The summed E-state index contributed by atoms with van der Waals surface area (Å²) >= 11 is 0. The van der Waals surface area contributed by atoms with Gasteiger partial charge < -0.3 is 14.8 Å². The normalized spacial score (nSPS) is 15.2. The SMILES string of the molecule is Cc1cc(C(=O)N2CCCN(C(=O)c3ccncc3)CC2)c(C)[nH]1. The van der Waals surface area contributed by atoms with Gasteiger partial charge >= 0.3 is 0 Å². The van der Waals surface area contributed by atoms with Crippen LogP contribution in [0.4, 0.5) is 0 Å². The lowest BCUT2D eigenvalue weighted by molar-refractivity contribution is 0.0718. The molecule has 0 bridgehead atoms. The molecule has 0 unspecified atom stereocenters. The predicted molar refractivity (Wildman–Crippen MR) is 90.9 cm³/mol. The predicted octanol–water partition coefficient (Wildman–Crippen LogP) is 2.01. The number of aryl methyl sites for hydroxylation is 2. The maximum Gasteiger partial charge on any atom is 0.255 e. The lowest BCUT2D eigenvalue weighted by atomic mass is 10.2. The highest BCUT2D eigenvalue weighted by molar-refractivity contribution is 5.96. The van der Waals surface area contributed by atoms with Crippen molar-refractivity contribution in [1.82, 2.24) is 19.8 Å². The largest absolute Gasteiger partial charge is 0.362 e. The fraction of sp³-hybridized carbons (Fsp3) is 0.389. The molecule has 2 aromatic heterocycles. The van der Waals surface area contributed by atoms with Crippen molar-refractivity contribution in [1.29, 1.82) is 0 Å². The summed E-state index contributed by atoms with van der Waals surface area (Å²) < 4.78 is 0. The third-order valence-electron chi connectivity index (χ3n) is 4.38. The van der Waals surface area contributed by atoms with E-state index >= 15 is 0 Å². The number of amides is 2. The molecule has 0 aromatic carbocycles. The van der Waals surface area contributed by atoms with Crippen molar-refractivity contribution in [3.63, 3.8) is 0 Å². The maximum absolute atomic E-state index is 12.7. The number of H-pyrrole nitrogens is 1. The van der Waals surface area contributed by atoms with Crippen LogP contribution < -0.4 is 0 Å². The molecule has 126 valence electrons. The van der Waals surface area contributed by atoms with Crippen LogP contribution in [0.25, 0.3) is 0 Å². The highest BCUT2D eigenvalue weighted by Crippen LogP contribution is 2.15. The van der Waals surface area contributed by atoms with E-state index in [2.05, 4.69) is 9.97 Å². The van der Waals surface area contributed by atoms with E-state index in [1.54, 1.807) is 24.5 Å². The van der Waals surface area contributed by atoms with Crippen LogP contribution in [0.1, 0.15) is 38.5 Å². The van der Waals surface area contributed by atoms with E-state index < -0.39 is 0 Å². The summed E-state index contributed by atoms with van der Waals surface area (Å²) in [7, 11) is 0. The number of aromatic nitrogens is 2. The summed E-state index contributed by atoms with van der Waals surface area (Å²) in [5.74, 6) is 0.0374. The Labute approximate surface area is 141 Å². The summed E-state index contributed by atoms with van der Waals surface area (Å²) in [5, 5.41) is 0. The molecule has 2 aromatic rings. The van der Waals surface area contributed by atoms with Crippen molar-refractivity contribution >= 4 is 11.8 Å². The highest BCUT2D eigenvalue weighted by atomic mass is 16.2. The summed E-state index contributed by atoms with van der Waals surface area (Å²) in [6.07, 6.45) is 4.03. The zero-order valence-electron chi connectivity index (χ0n) is 14.1. The Balaban J connectivity index is 1.68. The maximum atomic E-state index is 12.7. The van der Waals surface area contributed by atoms with Crippen LogP contribution in [0.15, 0.2) is 30.6 Å². The minimum Gasteiger partial charge on any atom is -0.362 e. The average Bonchev–Trinajstić information content (AvgIpc) is 2.79. The van der Waals surface area contributed by atoms with E-state index in [1.165, 1.54) is 0 Å². The molecule has 1 aliphatic rings. The molecule has 1 fully saturated rings. The molecule has 0 atom stereocenters. The molecule has 0 spiro atoms. The molecule has 1 saturated heterocycles. The number of nitrogens with one attached hydrogen (secondary N) is 1. The first-order chi connectivity index (χ1) is 11.6. The lowest BCUT2D eigenvalue weighted by Gasteiger charge is -2.22. The Morgan fingerprint density at radius 2 is 1.62 bits per heavy atom. The van der Waals surface area contributed by atoms with Crippen LogP contribution >= 0.6 is 0 Å². The quantitative estimate of drug-likeness (QED) is 0.918.